The molecule has 0 aliphatic carbocycles. The van der Waals surface area contributed by atoms with Gasteiger partial charge in [-0.1, -0.05) is 55.5 Å². The van der Waals surface area contributed by atoms with Crippen molar-refractivity contribution in [3.8, 4) is 0 Å². The van der Waals surface area contributed by atoms with Crippen LogP contribution >= 0.6 is 11.3 Å². The van der Waals surface area contributed by atoms with E-state index in [-0.39, 0.29) is 11.7 Å². The van der Waals surface area contributed by atoms with Crippen molar-refractivity contribution >= 4 is 38.7 Å². The monoisotopic (exact) mass is 397 g/mol. The minimum atomic E-state index is -0.298. The smallest absolute Gasteiger partial charge is 0.252 e. The first-order valence-electron chi connectivity index (χ1n) is 9.43. The lowest BCUT2D eigenvalue weighted by Gasteiger charge is -2.23. The molecule has 0 saturated carbocycles. The number of fused-ring (bicyclic) bond motifs is 1. The van der Waals surface area contributed by atoms with Gasteiger partial charge >= 0.3 is 0 Å². The Morgan fingerprint density at radius 3 is 2.57 bits per heavy atom. The normalized spacial score (nSPS) is 11.6. The minimum Gasteiger partial charge on any atom is -0.302 e. The van der Waals surface area contributed by atoms with Crippen LogP contribution in [0.25, 0.3) is 16.3 Å². The van der Waals surface area contributed by atoms with Gasteiger partial charge in [-0.05, 0) is 42.9 Å². The Morgan fingerprint density at radius 1 is 1.11 bits per heavy atom. The molecule has 0 aliphatic heterocycles. The highest BCUT2D eigenvalue weighted by molar-refractivity contribution is 7.22. The van der Waals surface area contributed by atoms with E-state index < -0.39 is 0 Å². The van der Waals surface area contributed by atoms with Crippen molar-refractivity contribution < 1.29 is 9.18 Å². The fourth-order valence-electron chi connectivity index (χ4n) is 2.90. The predicted octanol–water partition coefficient (Wildman–Crippen LogP) is 4.82. The molecule has 3 rings (SSSR count). The van der Waals surface area contributed by atoms with Crippen LogP contribution < -0.4 is 4.90 Å². The van der Waals surface area contributed by atoms with Crippen LogP contribution in [0.4, 0.5) is 9.52 Å². The van der Waals surface area contributed by atoms with Crippen molar-refractivity contribution in [1.29, 1.82) is 0 Å². The topological polar surface area (TPSA) is 36.4 Å². The molecular weight excluding hydrogens is 373 g/mol. The van der Waals surface area contributed by atoms with E-state index in [1.54, 1.807) is 23.1 Å². The first-order chi connectivity index (χ1) is 13.6. The van der Waals surface area contributed by atoms with E-state index in [4.69, 9.17) is 0 Å². The van der Waals surface area contributed by atoms with Crippen molar-refractivity contribution in [2.45, 2.75) is 13.8 Å². The summed E-state index contributed by atoms with van der Waals surface area (Å²) in [6.45, 7) is 7.33. The number of aromatic nitrogens is 1. The fourth-order valence-corrected chi connectivity index (χ4v) is 3.93. The molecular formula is C22H24FN3OS. The van der Waals surface area contributed by atoms with E-state index in [2.05, 4.69) is 23.7 Å². The summed E-state index contributed by atoms with van der Waals surface area (Å²) < 4.78 is 14.3. The van der Waals surface area contributed by atoms with Crippen LogP contribution in [0.2, 0.25) is 0 Å². The van der Waals surface area contributed by atoms with Crippen molar-refractivity contribution in [2.75, 3.05) is 31.1 Å². The average molecular weight is 398 g/mol. The third-order valence-electron chi connectivity index (χ3n) is 4.59. The van der Waals surface area contributed by atoms with E-state index in [1.807, 2.05) is 30.3 Å². The molecule has 1 amide bonds. The second-order valence-electron chi connectivity index (χ2n) is 6.37. The number of amides is 1. The summed E-state index contributed by atoms with van der Waals surface area (Å²) in [5.41, 5.74) is 1.67. The van der Waals surface area contributed by atoms with Gasteiger partial charge in [-0.15, -0.1) is 0 Å². The van der Waals surface area contributed by atoms with Gasteiger partial charge in [0.25, 0.3) is 5.91 Å². The molecule has 3 aromatic rings. The van der Waals surface area contributed by atoms with Crippen LogP contribution in [-0.4, -0.2) is 42.0 Å². The van der Waals surface area contributed by atoms with Crippen molar-refractivity contribution in [3.05, 3.63) is 66.0 Å². The molecule has 0 fully saturated rings. The quantitative estimate of drug-likeness (QED) is 0.511. The van der Waals surface area contributed by atoms with Crippen LogP contribution in [0.15, 0.2) is 54.6 Å². The molecule has 0 bridgehead atoms. The van der Waals surface area contributed by atoms with Gasteiger partial charge in [0.2, 0.25) is 0 Å². The Bertz CT molecular complexity index is 951. The van der Waals surface area contributed by atoms with Crippen molar-refractivity contribution in [2.24, 2.45) is 0 Å². The van der Waals surface area contributed by atoms with Gasteiger partial charge in [-0.3, -0.25) is 9.69 Å². The Balaban J connectivity index is 1.86. The van der Waals surface area contributed by atoms with Crippen LogP contribution in [0.3, 0.4) is 0 Å². The molecule has 0 radical (unpaired) electrons. The first kappa shape index (κ1) is 20.2. The lowest BCUT2D eigenvalue weighted by molar-refractivity contribution is -0.114. The molecule has 4 nitrogen and oxygen atoms in total. The lowest BCUT2D eigenvalue weighted by atomic mass is 10.2. The molecule has 1 aromatic heterocycles. The van der Waals surface area contributed by atoms with Crippen LogP contribution in [0.1, 0.15) is 19.4 Å². The van der Waals surface area contributed by atoms with E-state index >= 15 is 0 Å². The maximum absolute atomic E-state index is 13.5. The third kappa shape index (κ3) is 5.03. The summed E-state index contributed by atoms with van der Waals surface area (Å²) in [7, 11) is 0. The molecule has 6 heteroatoms. The minimum absolute atomic E-state index is 0.129. The number of hydrogen-bond acceptors (Lipinski definition) is 4. The maximum Gasteiger partial charge on any atom is 0.252 e. The van der Waals surface area contributed by atoms with Crippen molar-refractivity contribution in [3.63, 3.8) is 0 Å². The Kier molecular flexibility index (Phi) is 6.90. The number of carbonyl (C=O) groups is 1. The zero-order chi connectivity index (χ0) is 19.9. The summed E-state index contributed by atoms with van der Waals surface area (Å²) >= 11 is 1.34. The molecule has 0 spiro atoms. The summed E-state index contributed by atoms with van der Waals surface area (Å²) in [4.78, 5) is 21.5. The predicted molar refractivity (Wildman–Crippen MR) is 115 cm³/mol. The van der Waals surface area contributed by atoms with Gasteiger partial charge in [0.15, 0.2) is 5.13 Å². The van der Waals surface area contributed by atoms with Gasteiger partial charge in [-0.25, -0.2) is 9.37 Å². The highest BCUT2D eigenvalue weighted by Crippen LogP contribution is 2.29. The number of nitrogens with zero attached hydrogens (tertiary/aromatic N) is 3. The number of carbonyl (C=O) groups excluding carboxylic acids is 1. The Morgan fingerprint density at radius 2 is 1.86 bits per heavy atom. The SMILES string of the molecule is CCN(CC)CCN(C(=O)/C=C/c1ccccc1)c1nc2ccc(F)cc2s1. The number of thiazole rings is 1. The maximum atomic E-state index is 13.5. The number of hydrogen-bond donors (Lipinski definition) is 0. The van der Waals surface area contributed by atoms with Gasteiger partial charge in [0.1, 0.15) is 5.82 Å². The third-order valence-corrected chi connectivity index (χ3v) is 5.63. The second kappa shape index (κ2) is 9.57. The van der Waals surface area contributed by atoms with Gasteiger partial charge < -0.3 is 4.90 Å². The number of likely N-dealkylation sites (N-methyl/N-ethyl adjacent to an activating group) is 1. The van der Waals surface area contributed by atoms with Gasteiger partial charge in [-0.2, -0.15) is 0 Å². The Hall–Kier alpha value is -2.57. The molecule has 0 saturated heterocycles. The zero-order valence-corrected chi connectivity index (χ0v) is 17.0. The van der Waals surface area contributed by atoms with Gasteiger partial charge in [0.05, 0.1) is 10.2 Å². The second-order valence-corrected chi connectivity index (χ2v) is 7.38. The number of rotatable bonds is 8. The van der Waals surface area contributed by atoms with Crippen molar-refractivity contribution in [1.82, 2.24) is 9.88 Å². The zero-order valence-electron chi connectivity index (χ0n) is 16.1. The summed E-state index contributed by atoms with van der Waals surface area (Å²) in [5.74, 6) is -0.428. The van der Waals surface area contributed by atoms with Crippen LogP contribution in [0, 0.1) is 5.82 Å². The summed E-state index contributed by atoms with van der Waals surface area (Å²) in [6.07, 6.45) is 3.38. The number of anilines is 1. The highest BCUT2D eigenvalue weighted by Gasteiger charge is 2.19. The van der Waals surface area contributed by atoms with E-state index in [0.29, 0.717) is 17.2 Å². The van der Waals surface area contributed by atoms with Gasteiger partial charge in [0, 0.05) is 19.2 Å². The van der Waals surface area contributed by atoms with E-state index in [1.165, 1.54) is 23.5 Å². The largest absolute Gasteiger partial charge is 0.302 e. The Labute approximate surface area is 168 Å². The molecule has 0 aliphatic rings. The molecule has 0 N–H and O–H groups in total. The van der Waals surface area contributed by atoms with E-state index in [0.717, 1.165) is 29.9 Å². The molecule has 28 heavy (non-hydrogen) atoms. The summed E-state index contributed by atoms with van der Waals surface area (Å²) in [6, 6.07) is 14.2. The molecule has 0 unspecified atom stereocenters. The molecule has 146 valence electrons. The average Bonchev–Trinajstić information content (AvgIpc) is 3.13. The lowest BCUT2D eigenvalue weighted by Crippen LogP contribution is -2.38. The van der Waals surface area contributed by atoms with Crippen LogP contribution in [-0.2, 0) is 4.79 Å². The highest BCUT2D eigenvalue weighted by atomic mass is 32.1. The van der Waals surface area contributed by atoms with E-state index in [9.17, 15) is 9.18 Å². The first-order valence-corrected chi connectivity index (χ1v) is 10.3. The molecule has 0 atom stereocenters. The van der Waals surface area contributed by atoms with Crippen LogP contribution in [0.5, 0.6) is 0 Å². The molecule has 2 aromatic carbocycles. The fraction of sp³-hybridized carbons (Fsp3) is 0.273. The summed E-state index contributed by atoms with van der Waals surface area (Å²) in [5, 5.41) is 0.593. The standard InChI is InChI=1S/C22H24FN3OS/c1-3-25(4-2)14-15-26(21(27)13-10-17-8-6-5-7-9-17)22-24-19-12-11-18(23)16-20(19)28-22/h5-13,16H,3-4,14-15H2,1-2H3/b13-10+. The number of halogens is 1. The number of benzene rings is 2. The molecule has 1 heterocycles.